The van der Waals surface area contributed by atoms with Gasteiger partial charge in [0.05, 0.1) is 0 Å². The second-order valence-corrected chi connectivity index (χ2v) is 4.29. The Kier molecular flexibility index (Phi) is 3.89. The number of rotatable bonds is 6. The lowest BCUT2D eigenvalue weighted by atomic mass is 10.1. The molecule has 0 radical (unpaired) electrons. The molecule has 0 spiro atoms. The van der Waals surface area contributed by atoms with Crippen molar-refractivity contribution in [3.63, 3.8) is 0 Å². The summed E-state index contributed by atoms with van der Waals surface area (Å²) in [6.07, 6.45) is 3.16. The van der Waals surface area contributed by atoms with Crippen LogP contribution in [-0.4, -0.2) is 41.7 Å². The van der Waals surface area contributed by atoms with E-state index in [-0.39, 0.29) is 0 Å². The van der Waals surface area contributed by atoms with Crippen molar-refractivity contribution in [1.82, 2.24) is 4.90 Å². The topological polar surface area (TPSA) is 66.6 Å². The highest BCUT2D eigenvalue weighted by molar-refractivity contribution is 5.72. The fourth-order valence-corrected chi connectivity index (χ4v) is 1.61. The van der Waals surface area contributed by atoms with Crippen molar-refractivity contribution < 1.29 is 9.90 Å². The Balaban J connectivity index is 2.19. The molecule has 0 saturated heterocycles. The second-order valence-electron chi connectivity index (χ2n) is 4.29. The van der Waals surface area contributed by atoms with Gasteiger partial charge in [0, 0.05) is 12.6 Å². The lowest BCUT2D eigenvalue weighted by Crippen LogP contribution is -2.38. The summed E-state index contributed by atoms with van der Waals surface area (Å²) < 4.78 is 0. The molecule has 0 aromatic rings. The molecule has 3 N–H and O–H groups in total. The molecule has 1 rings (SSSR count). The van der Waals surface area contributed by atoms with Gasteiger partial charge in [0.1, 0.15) is 6.04 Å². The van der Waals surface area contributed by atoms with E-state index in [9.17, 15) is 4.79 Å². The van der Waals surface area contributed by atoms with Gasteiger partial charge in [0.2, 0.25) is 0 Å². The maximum atomic E-state index is 10.5. The predicted molar refractivity (Wildman–Crippen MR) is 55.0 cm³/mol. The molecule has 1 aliphatic rings. The first-order valence-electron chi connectivity index (χ1n) is 5.21. The largest absolute Gasteiger partial charge is 0.480 e. The third-order valence-electron chi connectivity index (χ3n) is 3.11. The standard InChI is InChI=1S/C10H20N2O2/c1-7(8-3-4-8)12(2)6-5-9(11)10(13)14/h7-9H,3-6,11H2,1-2H3,(H,13,14). The molecule has 0 aromatic carbocycles. The van der Waals surface area contributed by atoms with Crippen molar-refractivity contribution in [1.29, 1.82) is 0 Å². The summed E-state index contributed by atoms with van der Waals surface area (Å²) in [5.74, 6) is -0.0847. The molecule has 4 heteroatoms. The van der Waals surface area contributed by atoms with Gasteiger partial charge in [-0.05, 0) is 39.2 Å². The van der Waals surface area contributed by atoms with Crippen LogP contribution in [0.5, 0.6) is 0 Å². The number of hydrogen-bond acceptors (Lipinski definition) is 3. The molecule has 1 aliphatic carbocycles. The van der Waals surface area contributed by atoms with Crippen LogP contribution < -0.4 is 5.73 Å². The normalized spacial score (nSPS) is 20.9. The van der Waals surface area contributed by atoms with E-state index in [0.29, 0.717) is 12.5 Å². The first-order valence-corrected chi connectivity index (χ1v) is 5.21. The van der Waals surface area contributed by atoms with Gasteiger partial charge in [-0.1, -0.05) is 0 Å². The van der Waals surface area contributed by atoms with Gasteiger partial charge in [-0.3, -0.25) is 4.79 Å². The van der Waals surface area contributed by atoms with Crippen molar-refractivity contribution in [2.75, 3.05) is 13.6 Å². The number of aliphatic carboxylic acids is 1. The maximum absolute atomic E-state index is 10.5. The molecule has 1 fully saturated rings. The number of hydrogen-bond donors (Lipinski definition) is 2. The third kappa shape index (κ3) is 3.27. The van der Waals surface area contributed by atoms with E-state index >= 15 is 0 Å². The molecule has 2 atom stereocenters. The third-order valence-corrected chi connectivity index (χ3v) is 3.11. The van der Waals surface area contributed by atoms with Gasteiger partial charge in [0.15, 0.2) is 0 Å². The average Bonchev–Trinajstić information content (AvgIpc) is 2.95. The molecule has 0 amide bonds. The van der Waals surface area contributed by atoms with Crippen molar-refractivity contribution in [3.05, 3.63) is 0 Å². The minimum absolute atomic E-state index is 0.531. The van der Waals surface area contributed by atoms with Crippen LogP contribution in [0.1, 0.15) is 26.2 Å². The minimum atomic E-state index is -0.905. The van der Waals surface area contributed by atoms with Crippen LogP contribution in [0.2, 0.25) is 0 Å². The monoisotopic (exact) mass is 200 g/mol. The first kappa shape index (κ1) is 11.5. The Morgan fingerprint density at radius 2 is 2.21 bits per heavy atom. The first-order chi connectivity index (χ1) is 6.52. The van der Waals surface area contributed by atoms with Crippen LogP contribution in [0.15, 0.2) is 0 Å². The smallest absolute Gasteiger partial charge is 0.320 e. The Hall–Kier alpha value is -0.610. The van der Waals surface area contributed by atoms with Crippen LogP contribution in [0, 0.1) is 5.92 Å². The zero-order chi connectivity index (χ0) is 10.7. The molecule has 0 heterocycles. The summed E-state index contributed by atoms with van der Waals surface area (Å²) in [6, 6.07) is -0.153. The van der Waals surface area contributed by atoms with E-state index in [4.69, 9.17) is 10.8 Å². The molecule has 2 unspecified atom stereocenters. The molecule has 0 bridgehead atoms. The van der Waals surface area contributed by atoms with Crippen molar-refractivity contribution in [2.24, 2.45) is 11.7 Å². The van der Waals surface area contributed by atoms with Gasteiger partial charge < -0.3 is 15.7 Å². The fraction of sp³-hybridized carbons (Fsp3) is 0.900. The Morgan fingerprint density at radius 1 is 1.64 bits per heavy atom. The summed E-state index contributed by atoms with van der Waals surface area (Å²) in [4.78, 5) is 12.7. The van der Waals surface area contributed by atoms with E-state index in [2.05, 4.69) is 11.8 Å². The number of carboxylic acid groups (broad SMARTS) is 1. The van der Waals surface area contributed by atoms with Gasteiger partial charge in [-0.15, -0.1) is 0 Å². The number of carbonyl (C=O) groups is 1. The Labute approximate surface area is 85.1 Å². The Morgan fingerprint density at radius 3 is 2.64 bits per heavy atom. The lowest BCUT2D eigenvalue weighted by molar-refractivity contribution is -0.138. The molecular formula is C10H20N2O2. The number of nitrogens with two attached hydrogens (primary N) is 1. The summed E-state index contributed by atoms with van der Waals surface area (Å²) in [6.45, 7) is 2.97. The molecule has 82 valence electrons. The highest BCUT2D eigenvalue weighted by Gasteiger charge is 2.30. The highest BCUT2D eigenvalue weighted by Crippen LogP contribution is 2.34. The van der Waals surface area contributed by atoms with Crippen molar-refractivity contribution in [3.8, 4) is 0 Å². The fourth-order valence-electron chi connectivity index (χ4n) is 1.61. The van der Waals surface area contributed by atoms with Crippen molar-refractivity contribution >= 4 is 5.97 Å². The quantitative estimate of drug-likeness (QED) is 0.656. The van der Waals surface area contributed by atoms with Crippen molar-refractivity contribution in [2.45, 2.75) is 38.3 Å². The molecular weight excluding hydrogens is 180 g/mol. The van der Waals surface area contributed by atoms with E-state index in [0.717, 1.165) is 12.5 Å². The number of carboxylic acids is 1. The van der Waals surface area contributed by atoms with E-state index in [1.54, 1.807) is 0 Å². The minimum Gasteiger partial charge on any atom is -0.480 e. The van der Waals surface area contributed by atoms with Crippen LogP contribution in [0.3, 0.4) is 0 Å². The summed E-state index contributed by atoms with van der Waals surface area (Å²) in [5, 5.41) is 8.61. The zero-order valence-electron chi connectivity index (χ0n) is 8.94. The van der Waals surface area contributed by atoms with Gasteiger partial charge >= 0.3 is 5.97 Å². The lowest BCUT2D eigenvalue weighted by Gasteiger charge is -2.25. The van der Waals surface area contributed by atoms with Gasteiger partial charge in [0.25, 0.3) is 0 Å². The summed E-state index contributed by atoms with van der Waals surface area (Å²) >= 11 is 0. The maximum Gasteiger partial charge on any atom is 0.320 e. The zero-order valence-corrected chi connectivity index (χ0v) is 8.94. The second kappa shape index (κ2) is 4.75. The van der Waals surface area contributed by atoms with Crippen LogP contribution in [-0.2, 0) is 4.79 Å². The summed E-state index contributed by atoms with van der Waals surface area (Å²) in [7, 11) is 2.04. The Bertz CT molecular complexity index is 204. The van der Waals surface area contributed by atoms with Crippen LogP contribution in [0.4, 0.5) is 0 Å². The van der Waals surface area contributed by atoms with Crippen LogP contribution >= 0.6 is 0 Å². The predicted octanol–water partition coefficient (Wildman–Crippen LogP) is 0.519. The van der Waals surface area contributed by atoms with E-state index in [1.165, 1.54) is 12.8 Å². The summed E-state index contributed by atoms with van der Waals surface area (Å²) in [5.41, 5.74) is 5.43. The van der Waals surface area contributed by atoms with Gasteiger partial charge in [-0.25, -0.2) is 0 Å². The number of nitrogens with zero attached hydrogens (tertiary/aromatic N) is 1. The van der Waals surface area contributed by atoms with Crippen LogP contribution in [0.25, 0.3) is 0 Å². The SMILES string of the molecule is CC(C1CC1)N(C)CCC(N)C(=O)O. The van der Waals surface area contributed by atoms with E-state index < -0.39 is 12.0 Å². The molecule has 1 saturated carbocycles. The molecule has 0 aromatic heterocycles. The molecule has 14 heavy (non-hydrogen) atoms. The van der Waals surface area contributed by atoms with Gasteiger partial charge in [-0.2, -0.15) is 0 Å². The highest BCUT2D eigenvalue weighted by atomic mass is 16.4. The average molecular weight is 200 g/mol. The molecule has 0 aliphatic heterocycles. The van der Waals surface area contributed by atoms with E-state index in [1.807, 2.05) is 7.05 Å². The molecule has 4 nitrogen and oxygen atoms in total.